The number of ether oxygens (including phenoxy) is 1. The van der Waals surface area contributed by atoms with Crippen molar-refractivity contribution in [1.29, 1.82) is 0 Å². The Hall–Kier alpha value is -1.32. The quantitative estimate of drug-likeness (QED) is 0.907. The number of aliphatic hydroxyl groups excluding tert-OH is 1. The van der Waals surface area contributed by atoms with Crippen LogP contribution in [-0.2, 0) is 10.0 Å². The van der Waals surface area contributed by atoms with Gasteiger partial charge in [-0.05, 0) is 24.3 Å². The monoisotopic (exact) mass is 311 g/mol. The molecular weight excluding hydrogens is 299 g/mol. The Balaban J connectivity index is 2.10. The summed E-state index contributed by atoms with van der Waals surface area (Å²) >= 11 is 0. The highest BCUT2D eigenvalue weighted by molar-refractivity contribution is 7.89. The zero-order chi connectivity index (χ0) is 15.0. The number of benzene rings is 1. The van der Waals surface area contributed by atoms with Crippen LogP contribution in [0, 0.1) is 5.92 Å². The molecule has 0 spiro atoms. The number of sulfonamides is 1. The highest BCUT2D eigenvalue weighted by atomic mass is 32.2. The van der Waals surface area contributed by atoms with Gasteiger partial charge in [0, 0.05) is 25.6 Å². The molecule has 0 saturated carbocycles. The maximum Gasteiger partial charge on any atom is 0.573 e. The van der Waals surface area contributed by atoms with Crippen molar-refractivity contribution in [2.24, 2.45) is 5.92 Å². The minimum atomic E-state index is -4.81. The highest BCUT2D eigenvalue weighted by Crippen LogP contribution is 2.28. The van der Waals surface area contributed by atoms with Gasteiger partial charge in [0.15, 0.2) is 0 Å². The van der Waals surface area contributed by atoms with E-state index in [0.717, 1.165) is 28.6 Å². The van der Waals surface area contributed by atoms with Crippen molar-refractivity contribution in [3.63, 3.8) is 0 Å². The predicted octanol–water partition coefficient (Wildman–Crippen LogP) is 1.20. The molecule has 0 atom stereocenters. The Bertz CT molecular complexity index is 564. The Kier molecular flexibility index (Phi) is 3.94. The highest BCUT2D eigenvalue weighted by Gasteiger charge is 2.36. The van der Waals surface area contributed by atoms with Gasteiger partial charge in [-0.2, -0.15) is 4.31 Å². The first-order valence-corrected chi connectivity index (χ1v) is 7.13. The van der Waals surface area contributed by atoms with Gasteiger partial charge in [-0.15, -0.1) is 13.2 Å². The minimum Gasteiger partial charge on any atom is -0.406 e. The molecule has 0 unspecified atom stereocenters. The summed E-state index contributed by atoms with van der Waals surface area (Å²) in [5.41, 5.74) is 0. The zero-order valence-corrected chi connectivity index (χ0v) is 11.0. The van der Waals surface area contributed by atoms with Crippen LogP contribution in [0.1, 0.15) is 0 Å². The molecule has 1 aromatic carbocycles. The second-order valence-electron chi connectivity index (χ2n) is 4.39. The maximum atomic E-state index is 12.1. The van der Waals surface area contributed by atoms with E-state index in [1.165, 1.54) is 0 Å². The van der Waals surface area contributed by atoms with E-state index in [-0.39, 0.29) is 30.5 Å². The van der Waals surface area contributed by atoms with Crippen molar-refractivity contribution in [3.05, 3.63) is 24.3 Å². The largest absolute Gasteiger partial charge is 0.573 e. The minimum absolute atomic E-state index is 0.0855. The first-order chi connectivity index (χ1) is 9.22. The molecular formula is C11H12F3NO4S. The van der Waals surface area contributed by atoms with Crippen LogP contribution >= 0.6 is 0 Å². The Morgan fingerprint density at radius 3 is 2.25 bits per heavy atom. The summed E-state index contributed by atoms with van der Waals surface area (Å²) in [7, 11) is -3.72. The molecule has 2 rings (SSSR count). The summed E-state index contributed by atoms with van der Waals surface area (Å²) in [6.07, 6.45) is -4.81. The molecule has 1 saturated heterocycles. The van der Waals surface area contributed by atoms with Crippen LogP contribution in [0.5, 0.6) is 5.75 Å². The van der Waals surface area contributed by atoms with Crippen LogP contribution in [0.15, 0.2) is 29.2 Å². The number of hydrogen-bond acceptors (Lipinski definition) is 4. The van der Waals surface area contributed by atoms with Crippen LogP contribution in [0.25, 0.3) is 0 Å². The van der Waals surface area contributed by atoms with Crippen molar-refractivity contribution < 1.29 is 31.4 Å². The van der Waals surface area contributed by atoms with Crippen LogP contribution in [0.3, 0.4) is 0 Å². The summed E-state index contributed by atoms with van der Waals surface area (Å²) in [6, 6.07) is 4.01. The van der Waals surface area contributed by atoms with Crippen molar-refractivity contribution in [1.82, 2.24) is 4.31 Å². The fourth-order valence-electron chi connectivity index (χ4n) is 1.80. The molecule has 1 aliphatic heterocycles. The lowest BCUT2D eigenvalue weighted by Gasteiger charge is -2.36. The van der Waals surface area contributed by atoms with E-state index in [9.17, 15) is 21.6 Å². The summed E-state index contributed by atoms with van der Waals surface area (Å²) in [5, 5.41) is 8.84. The number of aliphatic hydroxyl groups is 1. The average Bonchev–Trinajstić information content (AvgIpc) is 2.25. The Morgan fingerprint density at radius 1 is 1.25 bits per heavy atom. The number of alkyl halides is 3. The van der Waals surface area contributed by atoms with Crippen molar-refractivity contribution in [2.45, 2.75) is 11.3 Å². The molecule has 1 N–H and O–H groups in total. The fourth-order valence-corrected chi connectivity index (χ4v) is 3.39. The summed E-state index contributed by atoms with van der Waals surface area (Å²) in [4.78, 5) is -0.108. The SMILES string of the molecule is O=S(=O)(c1ccc(OC(F)(F)F)cc1)N1CC(CO)C1. The first-order valence-electron chi connectivity index (χ1n) is 5.69. The lowest BCUT2D eigenvalue weighted by Crippen LogP contribution is -2.51. The summed E-state index contributed by atoms with van der Waals surface area (Å²) < 4.78 is 64.9. The maximum absolute atomic E-state index is 12.1. The average molecular weight is 311 g/mol. The third-order valence-electron chi connectivity index (χ3n) is 2.88. The van der Waals surface area contributed by atoms with Gasteiger partial charge in [0.25, 0.3) is 0 Å². The van der Waals surface area contributed by atoms with Gasteiger partial charge in [-0.1, -0.05) is 0 Å². The third-order valence-corrected chi connectivity index (χ3v) is 4.72. The van der Waals surface area contributed by atoms with Crippen LogP contribution in [-0.4, -0.2) is 43.9 Å². The Labute approximate surface area is 113 Å². The molecule has 0 amide bonds. The van der Waals surface area contributed by atoms with E-state index >= 15 is 0 Å². The lowest BCUT2D eigenvalue weighted by molar-refractivity contribution is -0.274. The van der Waals surface area contributed by atoms with Crippen molar-refractivity contribution in [2.75, 3.05) is 19.7 Å². The second-order valence-corrected chi connectivity index (χ2v) is 6.33. The molecule has 1 heterocycles. The molecule has 1 fully saturated rings. The molecule has 0 aliphatic carbocycles. The van der Waals surface area contributed by atoms with E-state index in [1.807, 2.05) is 0 Å². The van der Waals surface area contributed by atoms with Gasteiger partial charge in [0.2, 0.25) is 10.0 Å². The standard InChI is InChI=1S/C11H12F3NO4S/c12-11(13,14)19-9-1-3-10(4-2-9)20(17,18)15-5-8(6-15)7-16/h1-4,8,16H,5-7H2. The molecule has 112 valence electrons. The Morgan fingerprint density at radius 2 is 1.80 bits per heavy atom. The van der Waals surface area contributed by atoms with E-state index in [2.05, 4.69) is 4.74 Å². The normalized spacial score (nSPS) is 17.8. The van der Waals surface area contributed by atoms with Crippen LogP contribution in [0.4, 0.5) is 13.2 Å². The van der Waals surface area contributed by atoms with Gasteiger partial charge in [0.05, 0.1) is 4.90 Å². The van der Waals surface area contributed by atoms with Crippen molar-refractivity contribution in [3.8, 4) is 5.75 Å². The van der Waals surface area contributed by atoms with E-state index in [4.69, 9.17) is 5.11 Å². The molecule has 1 aromatic rings. The van der Waals surface area contributed by atoms with E-state index < -0.39 is 22.1 Å². The van der Waals surface area contributed by atoms with E-state index in [1.54, 1.807) is 0 Å². The van der Waals surface area contributed by atoms with Crippen molar-refractivity contribution >= 4 is 10.0 Å². The lowest BCUT2D eigenvalue weighted by atomic mass is 10.1. The summed E-state index contributed by atoms with van der Waals surface area (Å²) in [6.45, 7) is 0.323. The van der Waals surface area contributed by atoms with Gasteiger partial charge < -0.3 is 9.84 Å². The molecule has 1 aliphatic rings. The molecule has 0 bridgehead atoms. The fraction of sp³-hybridized carbons (Fsp3) is 0.455. The number of rotatable bonds is 4. The molecule has 9 heteroatoms. The van der Waals surface area contributed by atoms with Crippen LogP contribution < -0.4 is 4.74 Å². The molecule has 20 heavy (non-hydrogen) atoms. The molecule has 0 aromatic heterocycles. The number of halogens is 3. The zero-order valence-electron chi connectivity index (χ0n) is 10.2. The van der Waals surface area contributed by atoms with Crippen LogP contribution in [0.2, 0.25) is 0 Å². The number of nitrogens with zero attached hydrogens (tertiary/aromatic N) is 1. The smallest absolute Gasteiger partial charge is 0.406 e. The third kappa shape index (κ3) is 3.22. The topological polar surface area (TPSA) is 66.8 Å². The van der Waals surface area contributed by atoms with Gasteiger partial charge >= 0.3 is 6.36 Å². The number of hydrogen-bond donors (Lipinski definition) is 1. The van der Waals surface area contributed by atoms with Gasteiger partial charge in [0.1, 0.15) is 5.75 Å². The van der Waals surface area contributed by atoms with E-state index in [0.29, 0.717) is 0 Å². The molecule has 5 nitrogen and oxygen atoms in total. The summed E-state index contributed by atoms with van der Waals surface area (Å²) in [5.74, 6) is -0.564. The van der Waals surface area contributed by atoms with Gasteiger partial charge in [-0.3, -0.25) is 0 Å². The first kappa shape index (κ1) is 15.1. The molecule has 0 radical (unpaired) electrons. The predicted molar refractivity (Wildman–Crippen MR) is 62.5 cm³/mol. The van der Waals surface area contributed by atoms with Gasteiger partial charge in [-0.25, -0.2) is 8.42 Å². The second kappa shape index (κ2) is 5.23.